The average molecular weight is 229 g/mol. The molecule has 72 valence electrons. The zero-order valence-corrected chi connectivity index (χ0v) is 8.50. The molecule has 1 heterocycles. The van der Waals surface area contributed by atoms with Gasteiger partial charge in [-0.25, -0.2) is 9.67 Å². The topological polar surface area (TPSA) is 56.7 Å². The minimum Gasteiger partial charge on any atom is -0.399 e. The van der Waals surface area contributed by atoms with Gasteiger partial charge in [0.25, 0.3) is 0 Å². The van der Waals surface area contributed by atoms with Crippen LogP contribution in [0.5, 0.6) is 0 Å². The highest BCUT2D eigenvalue weighted by Crippen LogP contribution is 2.30. The zero-order valence-electron chi connectivity index (χ0n) is 6.98. The minimum absolute atomic E-state index is 0.445. The van der Waals surface area contributed by atoms with Gasteiger partial charge in [-0.2, -0.15) is 5.10 Å². The summed E-state index contributed by atoms with van der Waals surface area (Å²) in [4.78, 5) is 3.81. The van der Waals surface area contributed by atoms with Crippen LogP contribution in [-0.4, -0.2) is 14.8 Å². The van der Waals surface area contributed by atoms with E-state index in [4.69, 9.17) is 28.9 Å². The van der Waals surface area contributed by atoms with Crippen molar-refractivity contribution in [3.05, 3.63) is 34.8 Å². The van der Waals surface area contributed by atoms with Gasteiger partial charge >= 0.3 is 0 Å². The fourth-order valence-electron chi connectivity index (χ4n) is 1.13. The number of anilines is 1. The lowest BCUT2D eigenvalue weighted by atomic mass is 10.3. The van der Waals surface area contributed by atoms with Crippen molar-refractivity contribution in [3.8, 4) is 5.69 Å². The molecule has 2 N–H and O–H groups in total. The van der Waals surface area contributed by atoms with Crippen LogP contribution in [0.25, 0.3) is 5.69 Å². The highest BCUT2D eigenvalue weighted by molar-refractivity contribution is 6.38. The molecule has 0 unspecified atom stereocenters. The largest absolute Gasteiger partial charge is 0.399 e. The lowest BCUT2D eigenvalue weighted by Gasteiger charge is -2.06. The first-order valence-electron chi connectivity index (χ1n) is 3.78. The monoisotopic (exact) mass is 228 g/mol. The van der Waals surface area contributed by atoms with Crippen molar-refractivity contribution >= 4 is 28.9 Å². The van der Waals surface area contributed by atoms with E-state index in [1.807, 2.05) is 0 Å². The molecule has 1 aromatic carbocycles. The lowest BCUT2D eigenvalue weighted by Crippen LogP contribution is -1.98. The van der Waals surface area contributed by atoms with E-state index in [0.29, 0.717) is 21.4 Å². The van der Waals surface area contributed by atoms with Crippen molar-refractivity contribution in [1.29, 1.82) is 0 Å². The molecule has 0 aliphatic heterocycles. The number of rotatable bonds is 1. The Bertz CT molecular complexity index is 429. The van der Waals surface area contributed by atoms with E-state index in [2.05, 4.69) is 10.1 Å². The van der Waals surface area contributed by atoms with E-state index >= 15 is 0 Å². The van der Waals surface area contributed by atoms with Crippen molar-refractivity contribution in [3.63, 3.8) is 0 Å². The molecule has 0 aliphatic carbocycles. The summed E-state index contributed by atoms with van der Waals surface area (Å²) in [6, 6.07) is 3.23. The lowest BCUT2D eigenvalue weighted by molar-refractivity contribution is 0.879. The number of aromatic nitrogens is 3. The second-order valence-corrected chi connectivity index (χ2v) is 3.49. The Morgan fingerprint density at radius 2 is 1.86 bits per heavy atom. The van der Waals surface area contributed by atoms with Crippen molar-refractivity contribution in [2.24, 2.45) is 0 Å². The molecule has 4 nitrogen and oxygen atoms in total. The first-order chi connectivity index (χ1) is 6.68. The summed E-state index contributed by atoms with van der Waals surface area (Å²) in [6.45, 7) is 0. The van der Waals surface area contributed by atoms with Crippen molar-refractivity contribution in [2.75, 3.05) is 5.73 Å². The van der Waals surface area contributed by atoms with Gasteiger partial charge in [-0.3, -0.25) is 0 Å². The number of nitrogens with zero attached hydrogens (tertiary/aromatic N) is 3. The van der Waals surface area contributed by atoms with E-state index in [1.54, 1.807) is 12.1 Å². The van der Waals surface area contributed by atoms with Crippen molar-refractivity contribution in [1.82, 2.24) is 14.8 Å². The number of hydrogen-bond donors (Lipinski definition) is 1. The minimum atomic E-state index is 0.445. The maximum Gasteiger partial charge on any atom is 0.138 e. The van der Waals surface area contributed by atoms with Crippen LogP contribution in [0.15, 0.2) is 24.8 Å². The number of halogens is 2. The van der Waals surface area contributed by atoms with Gasteiger partial charge in [-0.15, -0.1) is 0 Å². The van der Waals surface area contributed by atoms with Gasteiger partial charge < -0.3 is 5.73 Å². The Hall–Kier alpha value is -1.26. The normalized spacial score (nSPS) is 10.4. The van der Waals surface area contributed by atoms with Gasteiger partial charge in [0.2, 0.25) is 0 Å². The third kappa shape index (κ3) is 1.54. The quantitative estimate of drug-likeness (QED) is 0.762. The molecule has 2 rings (SSSR count). The van der Waals surface area contributed by atoms with Crippen LogP contribution in [0.1, 0.15) is 0 Å². The summed E-state index contributed by atoms with van der Waals surface area (Å²) in [7, 11) is 0. The van der Waals surface area contributed by atoms with E-state index in [-0.39, 0.29) is 0 Å². The summed E-state index contributed by atoms with van der Waals surface area (Å²) >= 11 is 11.9. The van der Waals surface area contributed by atoms with Gasteiger partial charge in [-0.05, 0) is 12.1 Å². The molecular formula is C8H6Cl2N4. The molecule has 0 radical (unpaired) electrons. The maximum atomic E-state index is 5.97. The van der Waals surface area contributed by atoms with Crippen LogP contribution < -0.4 is 5.73 Å². The molecule has 6 heteroatoms. The number of nitrogen functional groups attached to an aromatic ring is 1. The third-order valence-electron chi connectivity index (χ3n) is 1.69. The van der Waals surface area contributed by atoms with Gasteiger partial charge in [-0.1, -0.05) is 23.2 Å². The molecule has 0 bridgehead atoms. The molecule has 0 amide bonds. The number of hydrogen-bond acceptors (Lipinski definition) is 3. The zero-order chi connectivity index (χ0) is 10.1. The highest BCUT2D eigenvalue weighted by Gasteiger charge is 2.09. The number of benzene rings is 1. The highest BCUT2D eigenvalue weighted by atomic mass is 35.5. The molecule has 0 spiro atoms. The third-order valence-corrected chi connectivity index (χ3v) is 2.26. The second kappa shape index (κ2) is 3.48. The van der Waals surface area contributed by atoms with Crippen LogP contribution in [0.2, 0.25) is 10.0 Å². The Balaban J connectivity index is 2.64. The van der Waals surface area contributed by atoms with Gasteiger partial charge in [0, 0.05) is 5.69 Å². The average Bonchev–Trinajstić information content (AvgIpc) is 2.54. The van der Waals surface area contributed by atoms with E-state index < -0.39 is 0 Å². The van der Waals surface area contributed by atoms with Crippen LogP contribution in [0.3, 0.4) is 0 Å². The summed E-state index contributed by atoms with van der Waals surface area (Å²) in [5.74, 6) is 0. The van der Waals surface area contributed by atoms with Crippen LogP contribution in [0, 0.1) is 0 Å². The van der Waals surface area contributed by atoms with Gasteiger partial charge in [0.1, 0.15) is 18.3 Å². The van der Waals surface area contributed by atoms with E-state index in [0.717, 1.165) is 0 Å². The Morgan fingerprint density at radius 3 is 2.36 bits per heavy atom. The SMILES string of the molecule is Nc1cc(Cl)c(-n2cncn2)c(Cl)c1. The Labute approximate surface area is 90.3 Å². The van der Waals surface area contributed by atoms with Gasteiger partial charge in [0.05, 0.1) is 10.0 Å². The van der Waals surface area contributed by atoms with Crippen LogP contribution in [0.4, 0.5) is 5.69 Å². The molecule has 0 saturated heterocycles. The molecule has 0 fully saturated rings. The first-order valence-corrected chi connectivity index (χ1v) is 4.53. The molecule has 14 heavy (non-hydrogen) atoms. The maximum absolute atomic E-state index is 5.97. The summed E-state index contributed by atoms with van der Waals surface area (Å²) < 4.78 is 1.49. The Morgan fingerprint density at radius 1 is 1.21 bits per heavy atom. The molecule has 2 aromatic rings. The fourth-order valence-corrected chi connectivity index (χ4v) is 1.80. The van der Waals surface area contributed by atoms with Crippen molar-refractivity contribution in [2.45, 2.75) is 0 Å². The molecular weight excluding hydrogens is 223 g/mol. The Kier molecular flexibility index (Phi) is 2.31. The predicted octanol–water partition coefficient (Wildman–Crippen LogP) is 2.16. The molecule has 0 saturated carbocycles. The van der Waals surface area contributed by atoms with E-state index in [1.165, 1.54) is 17.3 Å². The van der Waals surface area contributed by atoms with E-state index in [9.17, 15) is 0 Å². The van der Waals surface area contributed by atoms with Crippen LogP contribution >= 0.6 is 23.2 Å². The van der Waals surface area contributed by atoms with Crippen LogP contribution in [-0.2, 0) is 0 Å². The van der Waals surface area contributed by atoms with Gasteiger partial charge in [0.15, 0.2) is 0 Å². The first kappa shape index (κ1) is 9.30. The predicted molar refractivity (Wildman–Crippen MR) is 55.8 cm³/mol. The molecule has 1 aromatic heterocycles. The van der Waals surface area contributed by atoms with Crippen molar-refractivity contribution < 1.29 is 0 Å². The standard InChI is InChI=1S/C8H6Cl2N4/c9-6-1-5(11)2-7(10)8(6)14-4-12-3-13-14/h1-4H,11H2. The fraction of sp³-hybridized carbons (Fsp3) is 0. The molecule has 0 atom stereocenters. The molecule has 0 aliphatic rings. The summed E-state index contributed by atoms with van der Waals surface area (Å²) in [5.41, 5.74) is 6.67. The summed E-state index contributed by atoms with van der Waals surface area (Å²) in [6.07, 6.45) is 2.92. The second-order valence-electron chi connectivity index (χ2n) is 2.67. The number of nitrogens with two attached hydrogens (primary N) is 1. The smallest absolute Gasteiger partial charge is 0.138 e. The summed E-state index contributed by atoms with van der Waals surface area (Å²) in [5, 5.41) is 4.82.